The van der Waals surface area contributed by atoms with Crippen molar-refractivity contribution in [3.8, 4) is 0 Å². The van der Waals surface area contributed by atoms with Gasteiger partial charge in [0.05, 0.1) is 11.9 Å². The molecule has 35 heavy (non-hydrogen) atoms. The van der Waals surface area contributed by atoms with Gasteiger partial charge in [-0.05, 0) is 68.5 Å². The maximum absolute atomic E-state index is 13.7. The van der Waals surface area contributed by atoms with Crippen LogP contribution in [0.4, 0.5) is 5.69 Å². The number of anilines is 1. The number of nitrogens with zero attached hydrogens (tertiary/aromatic N) is 2. The Morgan fingerprint density at radius 2 is 1.63 bits per heavy atom. The Labute approximate surface area is 214 Å². The Hall–Kier alpha value is -2.58. The van der Waals surface area contributed by atoms with Gasteiger partial charge < -0.3 is 10.2 Å². The van der Waals surface area contributed by atoms with Gasteiger partial charge in [0.1, 0.15) is 12.6 Å². The standard InChI is InChI=1S/C26H36ClN3O4S/c1-7-20(5)28-26(32)24(8-2)29(16-21-11-9-10-12-23(21)27)25(31)17-30(35(6,33)34)22-14-18(3)13-19(4)15-22/h9-15,20,24H,7-8,16-17H2,1-6H3,(H,28,32). The van der Waals surface area contributed by atoms with Crippen LogP contribution in [-0.4, -0.2) is 50.0 Å². The highest BCUT2D eigenvalue weighted by Crippen LogP contribution is 2.24. The van der Waals surface area contributed by atoms with Crippen molar-refractivity contribution in [2.45, 2.75) is 66.1 Å². The lowest BCUT2D eigenvalue weighted by atomic mass is 10.1. The van der Waals surface area contributed by atoms with Crippen LogP contribution in [0.1, 0.15) is 50.3 Å². The van der Waals surface area contributed by atoms with Crippen molar-refractivity contribution in [3.63, 3.8) is 0 Å². The maximum atomic E-state index is 13.7. The lowest BCUT2D eigenvalue weighted by Gasteiger charge is -2.33. The summed E-state index contributed by atoms with van der Waals surface area (Å²) < 4.78 is 26.6. The molecule has 9 heteroatoms. The van der Waals surface area contributed by atoms with Crippen molar-refractivity contribution in [2.24, 2.45) is 0 Å². The number of aryl methyl sites for hydroxylation is 2. The van der Waals surface area contributed by atoms with E-state index < -0.39 is 28.5 Å². The first-order chi connectivity index (χ1) is 16.4. The van der Waals surface area contributed by atoms with Gasteiger partial charge in [0.2, 0.25) is 21.8 Å². The number of hydrogen-bond acceptors (Lipinski definition) is 4. The number of carbonyl (C=O) groups is 2. The van der Waals surface area contributed by atoms with Crippen LogP contribution >= 0.6 is 11.6 Å². The number of sulfonamides is 1. The van der Waals surface area contributed by atoms with Gasteiger partial charge in [-0.25, -0.2) is 8.42 Å². The van der Waals surface area contributed by atoms with E-state index in [-0.39, 0.29) is 18.5 Å². The molecule has 2 atom stereocenters. The van der Waals surface area contributed by atoms with Crippen molar-refractivity contribution in [2.75, 3.05) is 17.1 Å². The zero-order chi connectivity index (χ0) is 26.3. The van der Waals surface area contributed by atoms with Crippen LogP contribution in [0.3, 0.4) is 0 Å². The summed E-state index contributed by atoms with van der Waals surface area (Å²) in [6.07, 6.45) is 2.18. The van der Waals surface area contributed by atoms with Crippen LogP contribution in [0.25, 0.3) is 0 Å². The lowest BCUT2D eigenvalue weighted by molar-refractivity contribution is -0.140. The van der Waals surface area contributed by atoms with Gasteiger partial charge in [-0.15, -0.1) is 0 Å². The normalized spacial score (nSPS) is 13.1. The van der Waals surface area contributed by atoms with Crippen molar-refractivity contribution in [1.29, 1.82) is 0 Å². The van der Waals surface area contributed by atoms with Crippen molar-refractivity contribution >= 4 is 39.1 Å². The average molecular weight is 522 g/mol. The van der Waals surface area contributed by atoms with Crippen LogP contribution in [0.5, 0.6) is 0 Å². The largest absolute Gasteiger partial charge is 0.352 e. The number of rotatable bonds is 11. The topological polar surface area (TPSA) is 86.8 Å². The summed E-state index contributed by atoms with van der Waals surface area (Å²) in [5.74, 6) is -0.764. The van der Waals surface area contributed by atoms with Gasteiger partial charge >= 0.3 is 0 Å². The third-order valence-corrected chi connectivity index (χ3v) is 7.37. The Morgan fingerprint density at radius 1 is 1.03 bits per heavy atom. The first-order valence-electron chi connectivity index (χ1n) is 11.8. The molecule has 0 saturated heterocycles. The molecular weight excluding hydrogens is 486 g/mol. The number of halogens is 1. The molecule has 7 nitrogen and oxygen atoms in total. The molecule has 2 aromatic carbocycles. The van der Waals surface area contributed by atoms with E-state index in [1.165, 1.54) is 4.90 Å². The molecule has 2 unspecified atom stereocenters. The van der Waals surface area contributed by atoms with Crippen molar-refractivity contribution in [3.05, 3.63) is 64.2 Å². The second-order valence-electron chi connectivity index (χ2n) is 8.97. The summed E-state index contributed by atoms with van der Waals surface area (Å²) in [6, 6.07) is 11.7. The quantitative estimate of drug-likeness (QED) is 0.473. The number of carbonyl (C=O) groups excluding carboxylic acids is 2. The fraction of sp³-hybridized carbons (Fsp3) is 0.462. The predicted octanol–water partition coefficient (Wildman–Crippen LogP) is 4.44. The molecular formula is C26H36ClN3O4S. The average Bonchev–Trinajstić information content (AvgIpc) is 2.76. The zero-order valence-electron chi connectivity index (χ0n) is 21.3. The SMILES string of the molecule is CCC(C)NC(=O)C(CC)N(Cc1ccccc1Cl)C(=O)CN(c1cc(C)cc(C)c1)S(C)(=O)=O. The number of nitrogens with one attached hydrogen (secondary N) is 1. The summed E-state index contributed by atoms with van der Waals surface area (Å²) in [7, 11) is -3.78. The predicted molar refractivity (Wildman–Crippen MR) is 142 cm³/mol. The smallest absolute Gasteiger partial charge is 0.244 e. The van der Waals surface area contributed by atoms with Gasteiger partial charge in [0, 0.05) is 17.6 Å². The van der Waals surface area contributed by atoms with Gasteiger partial charge in [-0.3, -0.25) is 13.9 Å². The summed E-state index contributed by atoms with van der Waals surface area (Å²) in [4.78, 5) is 28.3. The number of benzene rings is 2. The Balaban J connectivity index is 2.49. The van der Waals surface area contributed by atoms with Crippen LogP contribution in [0.2, 0.25) is 5.02 Å². The van der Waals surface area contributed by atoms with Crippen LogP contribution in [0.15, 0.2) is 42.5 Å². The minimum atomic E-state index is -3.78. The molecule has 0 aliphatic heterocycles. The molecule has 0 fully saturated rings. The molecule has 0 aromatic heterocycles. The van der Waals surface area contributed by atoms with Crippen LogP contribution in [0, 0.1) is 13.8 Å². The molecule has 2 aromatic rings. The summed E-state index contributed by atoms with van der Waals surface area (Å²) in [5, 5.41) is 3.42. The second-order valence-corrected chi connectivity index (χ2v) is 11.3. The van der Waals surface area contributed by atoms with Gasteiger partial charge in [0.25, 0.3) is 0 Å². The van der Waals surface area contributed by atoms with Crippen LogP contribution < -0.4 is 9.62 Å². The van der Waals surface area contributed by atoms with E-state index in [1.54, 1.807) is 30.3 Å². The number of hydrogen-bond donors (Lipinski definition) is 1. The molecule has 0 aliphatic rings. The molecule has 0 heterocycles. The molecule has 0 saturated carbocycles. The highest BCUT2D eigenvalue weighted by Gasteiger charge is 2.32. The maximum Gasteiger partial charge on any atom is 0.244 e. The van der Waals surface area contributed by atoms with Gasteiger partial charge in [-0.2, -0.15) is 0 Å². The lowest BCUT2D eigenvalue weighted by Crippen LogP contribution is -2.53. The second kappa shape index (κ2) is 12.4. The molecule has 0 radical (unpaired) electrons. The van der Waals surface area contributed by atoms with Gasteiger partial charge in [0.15, 0.2) is 0 Å². The number of amides is 2. The molecule has 1 N–H and O–H groups in total. The minimum absolute atomic E-state index is 0.0587. The molecule has 2 rings (SSSR count). The summed E-state index contributed by atoms with van der Waals surface area (Å²) in [6.45, 7) is 9.08. The highest BCUT2D eigenvalue weighted by molar-refractivity contribution is 7.92. The van der Waals surface area contributed by atoms with E-state index in [9.17, 15) is 18.0 Å². The summed E-state index contributed by atoms with van der Waals surface area (Å²) >= 11 is 6.37. The fourth-order valence-corrected chi connectivity index (χ4v) is 4.91. The van der Waals surface area contributed by atoms with Gasteiger partial charge in [-0.1, -0.05) is 49.7 Å². The van der Waals surface area contributed by atoms with Crippen molar-refractivity contribution < 1.29 is 18.0 Å². The Kier molecular flexibility index (Phi) is 10.2. The molecule has 0 aliphatic carbocycles. The monoisotopic (exact) mass is 521 g/mol. The van der Waals surface area contributed by atoms with E-state index in [1.807, 2.05) is 46.8 Å². The van der Waals surface area contributed by atoms with E-state index in [0.29, 0.717) is 22.7 Å². The highest BCUT2D eigenvalue weighted by atomic mass is 35.5. The zero-order valence-corrected chi connectivity index (χ0v) is 22.9. The van der Waals surface area contributed by atoms with E-state index in [0.717, 1.165) is 28.1 Å². The third-order valence-electron chi connectivity index (χ3n) is 5.86. The first-order valence-corrected chi connectivity index (χ1v) is 14.0. The minimum Gasteiger partial charge on any atom is -0.352 e. The van der Waals surface area contributed by atoms with E-state index in [2.05, 4.69) is 5.32 Å². The molecule has 192 valence electrons. The molecule has 0 bridgehead atoms. The van der Waals surface area contributed by atoms with E-state index >= 15 is 0 Å². The Morgan fingerprint density at radius 3 is 2.14 bits per heavy atom. The summed E-state index contributed by atoms with van der Waals surface area (Å²) in [5.41, 5.74) is 2.85. The first kappa shape index (κ1) is 28.7. The van der Waals surface area contributed by atoms with E-state index in [4.69, 9.17) is 11.6 Å². The molecule has 2 amide bonds. The molecule has 0 spiro atoms. The van der Waals surface area contributed by atoms with Crippen molar-refractivity contribution in [1.82, 2.24) is 10.2 Å². The third kappa shape index (κ3) is 7.97. The van der Waals surface area contributed by atoms with Crippen LogP contribution in [-0.2, 0) is 26.2 Å². The fourth-order valence-electron chi connectivity index (χ4n) is 3.88. The Bertz CT molecular complexity index is 1130.